The number of halogens is 4. The molecule has 0 radical (unpaired) electrons. The van der Waals surface area contributed by atoms with Gasteiger partial charge in [0.25, 0.3) is 0 Å². The van der Waals surface area contributed by atoms with Gasteiger partial charge >= 0.3 is 8.26 Å². The first kappa shape index (κ1) is 14.3. The maximum Gasteiger partial charge on any atom is 0.317 e. The Hall–Kier alpha value is 0.330. The van der Waals surface area contributed by atoms with Crippen molar-refractivity contribution < 1.29 is 8.42 Å². The molecule has 1 aromatic rings. The fourth-order valence-corrected chi connectivity index (χ4v) is 0.979. The fraction of sp³-hybridized carbons (Fsp3) is 0.143. The molecule has 1 aromatic carbocycles. The molecule has 14 heavy (non-hydrogen) atoms. The van der Waals surface area contributed by atoms with Crippen LogP contribution in [0.5, 0.6) is 0 Å². The third-order valence-corrected chi connectivity index (χ3v) is 2.02. The summed E-state index contributed by atoms with van der Waals surface area (Å²) in [5.41, 5.74) is 0.945. The van der Waals surface area contributed by atoms with Gasteiger partial charge in [-0.2, -0.15) is 8.42 Å². The van der Waals surface area contributed by atoms with Gasteiger partial charge in [-0.3, -0.25) is 0 Å². The highest BCUT2D eigenvalue weighted by Crippen LogP contribution is 2.22. The molecule has 0 aliphatic heterocycles. The highest BCUT2D eigenvalue weighted by Gasteiger charge is 1.96. The van der Waals surface area contributed by atoms with Gasteiger partial charge < -0.3 is 0 Å². The highest BCUT2D eigenvalue weighted by atomic mass is 36.0. The van der Waals surface area contributed by atoms with Crippen LogP contribution in [-0.2, 0) is 8.26 Å². The standard InChI is InChI=1S/C7H6Cl2.Cl2O2S/c1-5-6(8)3-2-4-7(5)9;1-5(2,3)4/h2-4H,1H3;. The molecular formula is C7H6Cl4O2S. The average molecular weight is 296 g/mol. The van der Waals surface area contributed by atoms with E-state index < -0.39 is 8.26 Å². The first-order valence-corrected chi connectivity index (χ1v) is 7.16. The van der Waals surface area contributed by atoms with Gasteiger partial charge in [-0.1, -0.05) is 29.3 Å². The van der Waals surface area contributed by atoms with E-state index in [9.17, 15) is 0 Å². The monoisotopic (exact) mass is 294 g/mol. The van der Waals surface area contributed by atoms with E-state index in [0.29, 0.717) is 0 Å². The number of hydrogen-bond acceptors (Lipinski definition) is 2. The lowest BCUT2D eigenvalue weighted by atomic mass is 10.2. The third kappa shape index (κ3) is 7.71. The Labute approximate surface area is 102 Å². The second kappa shape index (κ2) is 6.03. The Morgan fingerprint density at radius 1 is 1.07 bits per heavy atom. The lowest BCUT2D eigenvalue weighted by Gasteiger charge is -1.96. The van der Waals surface area contributed by atoms with Crippen molar-refractivity contribution in [2.75, 3.05) is 0 Å². The molecule has 0 heterocycles. The first-order valence-electron chi connectivity index (χ1n) is 3.26. The van der Waals surface area contributed by atoms with E-state index in [1.807, 2.05) is 25.1 Å². The zero-order valence-electron chi connectivity index (χ0n) is 6.97. The summed E-state index contributed by atoms with van der Waals surface area (Å²) in [6.07, 6.45) is 0. The van der Waals surface area contributed by atoms with E-state index in [1.165, 1.54) is 0 Å². The second-order valence-electron chi connectivity index (χ2n) is 2.22. The van der Waals surface area contributed by atoms with Gasteiger partial charge in [0.15, 0.2) is 0 Å². The molecule has 2 nitrogen and oxygen atoms in total. The van der Waals surface area contributed by atoms with Crippen LogP contribution in [0.2, 0.25) is 10.0 Å². The van der Waals surface area contributed by atoms with Gasteiger partial charge in [0.2, 0.25) is 0 Å². The SMILES string of the molecule is Cc1c(Cl)cccc1Cl.O=S(=O)(Cl)Cl. The second-order valence-corrected chi connectivity index (χ2v) is 6.71. The molecule has 0 atom stereocenters. The van der Waals surface area contributed by atoms with Gasteiger partial charge in [0.05, 0.1) is 0 Å². The molecule has 0 amide bonds. The van der Waals surface area contributed by atoms with Crippen molar-refractivity contribution in [3.05, 3.63) is 33.8 Å². The van der Waals surface area contributed by atoms with Crippen LogP contribution in [0.1, 0.15) is 5.56 Å². The van der Waals surface area contributed by atoms with Crippen LogP contribution in [0.3, 0.4) is 0 Å². The highest BCUT2D eigenvalue weighted by molar-refractivity contribution is 8.31. The van der Waals surface area contributed by atoms with Gasteiger partial charge in [-0.25, -0.2) is 0 Å². The molecule has 0 bridgehead atoms. The van der Waals surface area contributed by atoms with Crippen molar-refractivity contribution in [2.24, 2.45) is 0 Å². The lowest BCUT2D eigenvalue weighted by Crippen LogP contribution is -1.73. The maximum absolute atomic E-state index is 9.16. The Morgan fingerprint density at radius 3 is 1.57 bits per heavy atom. The minimum absolute atomic E-state index is 0.725. The van der Waals surface area contributed by atoms with Gasteiger partial charge in [-0.05, 0) is 24.6 Å². The van der Waals surface area contributed by atoms with E-state index in [1.54, 1.807) is 0 Å². The smallest absolute Gasteiger partial charge is 0.195 e. The van der Waals surface area contributed by atoms with Crippen molar-refractivity contribution in [1.29, 1.82) is 0 Å². The Bertz CT molecular complexity index is 374. The van der Waals surface area contributed by atoms with Crippen molar-refractivity contribution >= 4 is 52.8 Å². The van der Waals surface area contributed by atoms with Crippen LogP contribution >= 0.6 is 44.6 Å². The van der Waals surface area contributed by atoms with Crippen LogP contribution in [-0.4, -0.2) is 8.42 Å². The van der Waals surface area contributed by atoms with Crippen LogP contribution in [0.15, 0.2) is 18.2 Å². The average Bonchev–Trinajstić information content (AvgIpc) is 1.97. The van der Waals surface area contributed by atoms with Crippen molar-refractivity contribution in [3.63, 3.8) is 0 Å². The molecule has 0 aliphatic carbocycles. The summed E-state index contributed by atoms with van der Waals surface area (Å²) >= 11 is 11.5. The normalized spacial score (nSPS) is 10.4. The molecule has 0 saturated heterocycles. The summed E-state index contributed by atoms with van der Waals surface area (Å²) in [6.45, 7) is 1.89. The number of benzene rings is 1. The van der Waals surface area contributed by atoms with Gasteiger partial charge in [0.1, 0.15) is 0 Å². The Kier molecular flexibility index (Phi) is 6.17. The van der Waals surface area contributed by atoms with Crippen LogP contribution in [0, 0.1) is 6.92 Å². The summed E-state index contributed by atoms with van der Waals surface area (Å²) in [4.78, 5) is 0. The van der Waals surface area contributed by atoms with Crippen LogP contribution < -0.4 is 0 Å². The third-order valence-electron chi connectivity index (χ3n) is 1.20. The summed E-state index contributed by atoms with van der Waals surface area (Å²) in [5.74, 6) is 0. The molecule has 7 heteroatoms. The number of rotatable bonds is 0. The van der Waals surface area contributed by atoms with Crippen molar-refractivity contribution in [3.8, 4) is 0 Å². The Morgan fingerprint density at radius 2 is 1.36 bits per heavy atom. The quantitative estimate of drug-likeness (QED) is 0.678. The fourth-order valence-electron chi connectivity index (χ4n) is 0.581. The molecular weight excluding hydrogens is 290 g/mol. The molecule has 0 fully saturated rings. The topological polar surface area (TPSA) is 34.1 Å². The minimum Gasteiger partial charge on any atom is -0.195 e. The van der Waals surface area contributed by atoms with Gasteiger partial charge in [0, 0.05) is 31.4 Å². The summed E-state index contributed by atoms with van der Waals surface area (Å²) in [6, 6.07) is 5.48. The maximum atomic E-state index is 9.16. The molecule has 0 spiro atoms. The van der Waals surface area contributed by atoms with Crippen molar-refractivity contribution in [1.82, 2.24) is 0 Å². The Balaban J connectivity index is 0.000000292. The molecule has 0 N–H and O–H groups in total. The molecule has 0 aromatic heterocycles. The van der Waals surface area contributed by atoms with E-state index >= 15 is 0 Å². The molecule has 0 aliphatic rings. The largest absolute Gasteiger partial charge is 0.317 e. The summed E-state index contributed by atoms with van der Waals surface area (Å²) in [7, 11) is 4.81. The molecule has 1 rings (SSSR count). The number of hydrogen-bond donors (Lipinski definition) is 0. The molecule has 0 unspecified atom stereocenters. The van der Waals surface area contributed by atoms with E-state index in [-0.39, 0.29) is 0 Å². The lowest BCUT2D eigenvalue weighted by molar-refractivity contribution is 0.621. The first-order chi connectivity index (χ1) is 6.22. The minimum atomic E-state index is -3.72. The zero-order valence-corrected chi connectivity index (χ0v) is 10.8. The zero-order chi connectivity index (χ0) is 11.4. The predicted octanol–water partition coefficient (Wildman–Crippen LogP) is 4.01. The van der Waals surface area contributed by atoms with Crippen molar-refractivity contribution in [2.45, 2.75) is 6.92 Å². The van der Waals surface area contributed by atoms with E-state index in [4.69, 9.17) is 31.6 Å². The summed E-state index contributed by atoms with van der Waals surface area (Å²) < 4.78 is 18.3. The van der Waals surface area contributed by atoms with Crippen LogP contribution in [0.25, 0.3) is 0 Å². The van der Waals surface area contributed by atoms with Crippen LogP contribution in [0.4, 0.5) is 0 Å². The molecule has 0 saturated carbocycles. The van der Waals surface area contributed by atoms with Gasteiger partial charge in [-0.15, -0.1) is 0 Å². The summed E-state index contributed by atoms with van der Waals surface area (Å²) in [5, 5.41) is 1.45. The van der Waals surface area contributed by atoms with E-state index in [2.05, 4.69) is 21.4 Å². The molecule has 80 valence electrons. The van der Waals surface area contributed by atoms with E-state index in [0.717, 1.165) is 15.6 Å². The predicted molar refractivity (Wildman–Crippen MR) is 61.8 cm³/mol.